The summed E-state index contributed by atoms with van der Waals surface area (Å²) in [4.78, 5) is 15.1. The highest BCUT2D eigenvalue weighted by Gasteiger charge is 2.23. The fourth-order valence-corrected chi connectivity index (χ4v) is 1.55. The molecule has 1 rings (SSSR count). The molecule has 0 spiro atoms. The van der Waals surface area contributed by atoms with Gasteiger partial charge in [0.1, 0.15) is 0 Å². The van der Waals surface area contributed by atoms with Crippen LogP contribution in [0.15, 0.2) is 0 Å². The summed E-state index contributed by atoms with van der Waals surface area (Å²) in [6.45, 7) is 3.04. The van der Waals surface area contributed by atoms with E-state index in [1.54, 1.807) is 0 Å². The van der Waals surface area contributed by atoms with Crippen molar-refractivity contribution in [1.29, 1.82) is 0 Å². The van der Waals surface area contributed by atoms with Gasteiger partial charge in [-0.25, -0.2) is 0 Å². The number of nitrogens with zero attached hydrogens (tertiary/aromatic N) is 2. The van der Waals surface area contributed by atoms with E-state index in [2.05, 4.69) is 16.8 Å². The second kappa shape index (κ2) is 3.87. The zero-order valence-electron chi connectivity index (χ0n) is 7.79. The van der Waals surface area contributed by atoms with Crippen molar-refractivity contribution in [2.24, 2.45) is 5.73 Å². The minimum absolute atomic E-state index is 0.206. The van der Waals surface area contributed by atoms with Crippen LogP contribution in [0.5, 0.6) is 0 Å². The minimum Gasteiger partial charge on any atom is -0.370 e. The molecule has 0 aliphatic carbocycles. The fraction of sp³-hybridized carbons (Fsp3) is 0.875. The van der Waals surface area contributed by atoms with Gasteiger partial charge in [-0.2, -0.15) is 0 Å². The first kappa shape index (κ1) is 9.48. The number of piperazine rings is 1. The van der Waals surface area contributed by atoms with E-state index in [-0.39, 0.29) is 5.91 Å². The van der Waals surface area contributed by atoms with Crippen LogP contribution in [0, 0.1) is 0 Å². The standard InChI is InChI=1S/C8H17N3O/c1-10-3-4-11(2)7(6-10)5-8(9)12/h7H,3-6H2,1-2H3,(H2,9,12)/t7-/m0/s1. The maximum atomic E-state index is 10.7. The van der Waals surface area contributed by atoms with Crippen molar-refractivity contribution in [3.63, 3.8) is 0 Å². The van der Waals surface area contributed by atoms with Crippen LogP contribution in [0.2, 0.25) is 0 Å². The summed E-state index contributed by atoms with van der Waals surface area (Å²) in [5.41, 5.74) is 5.15. The highest BCUT2D eigenvalue weighted by atomic mass is 16.1. The second-order valence-electron chi connectivity index (χ2n) is 3.57. The molecule has 0 saturated carbocycles. The van der Waals surface area contributed by atoms with E-state index in [9.17, 15) is 4.79 Å². The Hall–Kier alpha value is -0.610. The molecule has 0 aromatic carbocycles. The van der Waals surface area contributed by atoms with E-state index in [1.807, 2.05) is 7.05 Å². The molecule has 1 heterocycles. The first-order chi connectivity index (χ1) is 5.59. The molecule has 1 amide bonds. The van der Waals surface area contributed by atoms with E-state index in [0.29, 0.717) is 12.5 Å². The van der Waals surface area contributed by atoms with E-state index < -0.39 is 0 Å². The largest absolute Gasteiger partial charge is 0.370 e. The number of hydrogen-bond acceptors (Lipinski definition) is 3. The number of carbonyl (C=O) groups is 1. The average Bonchev–Trinajstić information content (AvgIpc) is 1.96. The number of rotatable bonds is 2. The van der Waals surface area contributed by atoms with Gasteiger partial charge in [-0.1, -0.05) is 0 Å². The van der Waals surface area contributed by atoms with E-state index in [0.717, 1.165) is 19.6 Å². The lowest BCUT2D eigenvalue weighted by Gasteiger charge is -2.37. The molecule has 1 fully saturated rings. The van der Waals surface area contributed by atoms with Crippen LogP contribution in [0.3, 0.4) is 0 Å². The van der Waals surface area contributed by atoms with E-state index >= 15 is 0 Å². The molecule has 2 N–H and O–H groups in total. The molecular weight excluding hydrogens is 154 g/mol. The van der Waals surface area contributed by atoms with Crippen molar-refractivity contribution in [3.05, 3.63) is 0 Å². The number of likely N-dealkylation sites (N-methyl/N-ethyl adjacent to an activating group) is 2. The van der Waals surface area contributed by atoms with Gasteiger partial charge in [0.25, 0.3) is 0 Å². The lowest BCUT2D eigenvalue weighted by molar-refractivity contribution is -0.119. The van der Waals surface area contributed by atoms with Crippen LogP contribution in [0.25, 0.3) is 0 Å². The van der Waals surface area contributed by atoms with E-state index in [1.165, 1.54) is 0 Å². The van der Waals surface area contributed by atoms with Crippen LogP contribution >= 0.6 is 0 Å². The molecule has 1 atom stereocenters. The Labute approximate surface area is 73.3 Å². The van der Waals surface area contributed by atoms with Crippen molar-refractivity contribution in [3.8, 4) is 0 Å². The Balaban J connectivity index is 2.43. The number of hydrogen-bond donors (Lipinski definition) is 1. The summed E-state index contributed by atoms with van der Waals surface area (Å²) in [5.74, 6) is -0.206. The van der Waals surface area contributed by atoms with Crippen molar-refractivity contribution in [2.45, 2.75) is 12.5 Å². The first-order valence-electron chi connectivity index (χ1n) is 4.26. The number of carbonyl (C=O) groups excluding carboxylic acids is 1. The minimum atomic E-state index is -0.206. The highest BCUT2D eigenvalue weighted by Crippen LogP contribution is 2.08. The van der Waals surface area contributed by atoms with Crippen LogP contribution < -0.4 is 5.73 Å². The third-order valence-electron chi connectivity index (χ3n) is 2.42. The Morgan fingerprint density at radius 2 is 2.17 bits per heavy atom. The number of amides is 1. The second-order valence-corrected chi connectivity index (χ2v) is 3.57. The van der Waals surface area contributed by atoms with Gasteiger partial charge in [0.05, 0.1) is 0 Å². The van der Waals surface area contributed by atoms with Gasteiger partial charge < -0.3 is 15.5 Å². The maximum absolute atomic E-state index is 10.7. The van der Waals surface area contributed by atoms with Crippen LogP contribution in [-0.4, -0.2) is 55.5 Å². The van der Waals surface area contributed by atoms with Crippen LogP contribution in [0.4, 0.5) is 0 Å². The maximum Gasteiger partial charge on any atom is 0.219 e. The Bertz CT molecular complexity index is 172. The normalized spacial score (nSPS) is 27.3. The zero-order valence-corrected chi connectivity index (χ0v) is 7.79. The third kappa shape index (κ3) is 2.46. The monoisotopic (exact) mass is 171 g/mol. The SMILES string of the molecule is CN1CCN(C)[C@@H](CC(N)=O)C1. The Morgan fingerprint density at radius 1 is 1.50 bits per heavy atom. The highest BCUT2D eigenvalue weighted by molar-refractivity contribution is 5.74. The summed E-state index contributed by atoms with van der Waals surface area (Å²) < 4.78 is 0. The molecule has 0 aromatic heterocycles. The smallest absolute Gasteiger partial charge is 0.219 e. The van der Waals surface area contributed by atoms with Crippen molar-refractivity contribution >= 4 is 5.91 Å². The van der Waals surface area contributed by atoms with Crippen LogP contribution in [-0.2, 0) is 4.79 Å². The molecule has 1 saturated heterocycles. The number of nitrogens with two attached hydrogens (primary N) is 1. The summed E-state index contributed by atoms with van der Waals surface area (Å²) in [7, 11) is 4.11. The average molecular weight is 171 g/mol. The molecule has 0 bridgehead atoms. The molecular formula is C8H17N3O. The summed E-state index contributed by atoms with van der Waals surface area (Å²) in [6, 6.07) is 0.307. The molecule has 0 unspecified atom stereocenters. The fourth-order valence-electron chi connectivity index (χ4n) is 1.55. The van der Waals surface area contributed by atoms with Gasteiger partial charge >= 0.3 is 0 Å². The topological polar surface area (TPSA) is 49.6 Å². The van der Waals surface area contributed by atoms with Gasteiger partial charge in [-0.05, 0) is 14.1 Å². The Kier molecular flexibility index (Phi) is 3.05. The summed E-state index contributed by atoms with van der Waals surface area (Å²) in [5, 5.41) is 0. The molecule has 70 valence electrons. The summed E-state index contributed by atoms with van der Waals surface area (Å²) in [6.07, 6.45) is 0.473. The molecule has 0 aromatic rings. The molecule has 1 aliphatic rings. The van der Waals surface area contributed by atoms with Crippen molar-refractivity contribution < 1.29 is 4.79 Å². The van der Waals surface area contributed by atoms with Gasteiger partial charge in [0.15, 0.2) is 0 Å². The molecule has 1 aliphatic heterocycles. The summed E-state index contributed by atoms with van der Waals surface area (Å²) >= 11 is 0. The van der Waals surface area contributed by atoms with Gasteiger partial charge in [-0.3, -0.25) is 4.79 Å². The number of primary amides is 1. The van der Waals surface area contributed by atoms with Gasteiger partial charge in [0, 0.05) is 32.1 Å². The molecule has 0 radical (unpaired) electrons. The van der Waals surface area contributed by atoms with Crippen molar-refractivity contribution in [2.75, 3.05) is 33.7 Å². The van der Waals surface area contributed by atoms with E-state index in [4.69, 9.17) is 5.73 Å². The first-order valence-corrected chi connectivity index (χ1v) is 4.26. The molecule has 4 heteroatoms. The van der Waals surface area contributed by atoms with Crippen molar-refractivity contribution in [1.82, 2.24) is 9.80 Å². The third-order valence-corrected chi connectivity index (χ3v) is 2.42. The molecule has 12 heavy (non-hydrogen) atoms. The predicted molar refractivity (Wildman–Crippen MR) is 47.7 cm³/mol. The Morgan fingerprint density at radius 3 is 2.75 bits per heavy atom. The van der Waals surface area contributed by atoms with Gasteiger partial charge in [-0.15, -0.1) is 0 Å². The lowest BCUT2D eigenvalue weighted by Crippen LogP contribution is -2.51. The molecule has 4 nitrogen and oxygen atoms in total. The van der Waals surface area contributed by atoms with Gasteiger partial charge in [0.2, 0.25) is 5.91 Å². The lowest BCUT2D eigenvalue weighted by atomic mass is 10.1. The van der Waals surface area contributed by atoms with Crippen LogP contribution in [0.1, 0.15) is 6.42 Å². The quantitative estimate of drug-likeness (QED) is 0.586. The zero-order chi connectivity index (χ0) is 9.14. The predicted octanol–water partition coefficient (Wildman–Crippen LogP) is -0.892.